The van der Waals surface area contributed by atoms with Gasteiger partial charge in [-0.3, -0.25) is 4.79 Å². The molecule has 0 bridgehead atoms. The number of nitrogens with two attached hydrogens (primary N) is 1. The Bertz CT molecular complexity index is 362. The van der Waals surface area contributed by atoms with Gasteiger partial charge in [0.25, 0.3) is 0 Å². The molecule has 0 heterocycles. The summed E-state index contributed by atoms with van der Waals surface area (Å²) in [6, 6.07) is 8.31. The molecule has 1 aliphatic rings. The van der Waals surface area contributed by atoms with Gasteiger partial charge in [-0.2, -0.15) is 0 Å². The lowest BCUT2D eigenvalue weighted by atomic mass is 9.63. The smallest absolute Gasteiger partial charge is 0.134 e. The molecular weight excluding hydrogens is 174 g/mol. The maximum absolute atomic E-state index is 11.1. The predicted octanol–water partition coefficient (Wildman–Crippen LogP) is 1.55. The van der Waals surface area contributed by atoms with Crippen molar-refractivity contribution in [3.05, 3.63) is 35.4 Å². The third kappa shape index (κ3) is 1.36. The molecule has 0 atom stereocenters. The van der Waals surface area contributed by atoms with Crippen LogP contribution >= 0.6 is 0 Å². The number of Topliss-reactive ketones (excluding diaryl/α,β-unsaturated/α-hetero) is 1. The molecule has 2 nitrogen and oxygen atoms in total. The molecule has 0 aromatic heterocycles. The lowest BCUT2D eigenvalue weighted by Crippen LogP contribution is -2.47. The third-order valence-electron chi connectivity index (χ3n) is 3.09. The molecule has 0 radical (unpaired) electrons. The van der Waals surface area contributed by atoms with E-state index in [0.717, 1.165) is 0 Å². The second-order valence-electron chi connectivity index (χ2n) is 4.25. The summed E-state index contributed by atoms with van der Waals surface area (Å²) in [5, 5.41) is 0. The summed E-state index contributed by atoms with van der Waals surface area (Å²) in [5.74, 6) is 0.331. The normalized spacial score (nSPS) is 19.1. The number of hydrogen-bond donors (Lipinski definition) is 1. The Morgan fingerprint density at radius 3 is 2.64 bits per heavy atom. The summed E-state index contributed by atoms with van der Waals surface area (Å²) in [4.78, 5) is 11.1. The highest BCUT2D eigenvalue weighted by Gasteiger charge is 2.43. The Morgan fingerprint density at radius 2 is 2.14 bits per heavy atom. The monoisotopic (exact) mass is 189 g/mol. The number of hydrogen-bond acceptors (Lipinski definition) is 2. The van der Waals surface area contributed by atoms with Gasteiger partial charge in [-0.25, -0.2) is 0 Å². The van der Waals surface area contributed by atoms with Gasteiger partial charge in [-0.1, -0.05) is 29.8 Å². The van der Waals surface area contributed by atoms with E-state index in [9.17, 15) is 4.79 Å². The zero-order chi connectivity index (χ0) is 10.2. The van der Waals surface area contributed by atoms with Crippen LogP contribution in [0.2, 0.25) is 0 Å². The maximum atomic E-state index is 11.1. The summed E-state index contributed by atoms with van der Waals surface area (Å²) >= 11 is 0. The molecule has 1 aliphatic carbocycles. The molecule has 2 rings (SSSR count). The molecule has 74 valence electrons. The van der Waals surface area contributed by atoms with E-state index in [1.165, 1.54) is 11.1 Å². The van der Waals surface area contributed by atoms with Crippen LogP contribution in [-0.4, -0.2) is 12.3 Å². The van der Waals surface area contributed by atoms with E-state index in [4.69, 9.17) is 5.73 Å². The van der Waals surface area contributed by atoms with Crippen LogP contribution in [0.3, 0.4) is 0 Å². The minimum atomic E-state index is -0.0525. The van der Waals surface area contributed by atoms with Crippen molar-refractivity contribution in [3.8, 4) is 0 Å². The largest absolute Gasteiger partial charge is 0.330 e. The van der Waals surface area contributed by atoms with E-state index in [0.29, 0.717) is 25.2 Å². The molecule has 1 fully saturated rings. The van der Waals surface area contributed by atoms with Crippen molar-refractivity contribution >= 4 is 5.78 Å². The van der Waals surface area contributed by atoms with Crippen LogP contribution in [0.5, 0.6) is 0 Å². The first-order valence-electron chi connectivity index (χ1n) is 4.95. The van der Waals surface area contributed by atoms with Gasteiger partial charge in [0, 0.05) is 24.8 Å². The minimum Gasteiger partial charge on any atom is -0.330 e. The first-order valence-corrected chi connectivity index (χ1v) is 4.95. The SMILES string of the molecule is Cc1cccc(C2(CN)CC(=O)C2)c1. The van der Waals surface area contributed by atoms with Crippen LogP contribution in [0.1, 0.15) is 24.0 Å². The zero-order valence-electron chi connectivity index (χ0n) is 8.42. The quantitative estimate of drug-likeness (QED) is 0.767. The summed E-state index contributed by atoms with van der Waals surface area (Å²) < 4.78 is 0. The lowest BCUT2D eigenvalue weighted by molar-refractivity contribution is -0.128. The first kappa shape index (κ1) is 9.41. The van der Waals surface area contributed by atoms with Gasteiger partial charge in [0.1, 0.15) is 5.78 Å². The zero-order valence-corrected chi connectivity index (χ0v) is 8.42. The average Bonchev–Trinajstić information content (AvgIpc) is 2.12. The minimum absolute atomic E-state index is 0.0525. The highest BCUT2D eigenvalue weighted by Crippen LogP contribution is 2.40. The molecule has 1 saturated carbocycles. The fourth-order valence-corrected chi connectivity index (χ4v) is 2.14. The molecular formula is C12H15NO. The van der Waals surface area contributed by atoms with Crippen molar-refractivity contribution in [2.75, 3.05) is 6.54 Å². The number of carbonyl (C=O) groups excluding carboxylic acids is 1. The standard InChI is InChI=1S/C12H15NO/c1-9-3-2-4-10(5-9)12(8-13)6-11(14)7-12/h2-5H,6-8,13H2,1H3. The van der Waals surface area contributed by atoms with Crippen molar-refractivity contribution < 1.29 is 4.79 Å². The van der Waals surface area contributed by atoms with Gasteiger partial charge < -0.3 is 5.73 Å². The Kier molecular flexibility index (Phi) is 2.16. The number of ketones is 1. The number of benzene rings is 1. The van der Waals surface area contributed by atoms with Crippen LogP contribution in [0.4, 0.5) is 0 Å². The van der Waals surface area contributed by atoms with Crippen LogP contribution < -0.4 is 5.73 Å². The highest BCUT2D eigenvalue weighted by molar-refractivity contribution is 5.88. The van der Waals surface area contributed by atoms with Gasteiger partial charge in [-0.15, -0.1) is 0 Å². The highest BCUT2D eigenvalue weighted by atomic mass is 16.1. The van der Waals surface area contributed by atoms with Crippen LogP contribution in [0.25, 0.3) is 0 Å². The molecule has 1 aromatic rings. The van der Waals surface area contributed by atoms with Crippen molar-refractivity contribution in [2.24, 2.45) is 5.73 Å². The average molecular weight is 189 g/mol. The van der Waals surface area contributed by atoms with Crippen molar-refractivity contribution in [1.82, 2.24) is 0 Å². The second kappa shape index (κ2) is 3.21. The Balaban J connectivity index is 2.33. The summed E-state index contributed by atoms with van der Waals surface area (Å²) in [6.45, 7) is 2.64. The van der Waals surface area contributed by atoms with Crippen LogP contribution in [0.15, 0.2) is 24.3 Å². The van der Waals surface area contributed by atoms with E-state index in [1.54, 1.807) is 0 Å². The molecule has 2 heteroatoms. The molecule has 2 N–H and O–H groups in total. The van der Waals surface area contributed by atoms with E-state index < -0.39 is 0 Å². The fourth-order valence-electron chi connectivity index (χ4n) is 2.14. The number of aryl methyl sites for hydroxylation is 1. The van der Waals surface area contributed by atoms with Gasteiger partial charge in [0.15, 0.2) is 0 Å². The fraction of sp³-hybridized carbons (Fsp3) is 0.417. The van der Waals surface area contributed by atoms with E-state index in [2.05, 4.69) is 25.1 Å². The van der Waals surface area contributed by atoms with Crippen molar-refractivity contribution in [1.29, 1.82) is 0 Å². The number of rotatable bonds is 2. The molecule has 0 spiro atoms. The van der Waals surface area contributed by atoms with Gasteiger partial charge in [0.2, 0.25) is 0 Å². The van der Waals surface area contributed by atoms with Gasteiger partial charge >= 0.3 is 0 Å². The van der Waals surface area contributed by atoms with Gasteiger partial charge in [-0.05, 0) is 12.5 Å². The first-order chi connectivity index (χ1) is 6.66. The summed E-state index contributed by atoms with van der Waals surface area (Å²) in [7, 11) is 0. The maximum Gasteiger partial charge on any atom is 0.134 e. The molecule has 0 amide bonds. The Morgan fingerprint density at radius 1 is 1.43 bits per heavy atom. The Hall–Kier alpha value is -1.15. The van der Waals surface area contributed by atoms with E-state index >= 15 is 0 Å². The molecule has 1 aromatic carbocycles. The Labute approximate surface area is 84.1 Å². The number of carbonyl (C=O) groups is 1. The second-order valence-corrected chi connectivity index (χ2v) is 4.25. The predicted molar refractivity (Wildman–Crippen MR) is 56.2 cm³/mol. The van der Waals surface area contributed by atoms with Crippen LogP contribution in [-0.2, 0) is 10.2 Å². The summed E-state index contributed by atoms with van der Waals surface area (Å²) in [5.41, 5.74) is 8.16. The molecule has 0 saturated heterocycles. The third-order valence-corrected chi connectivity index (χ3v) is 3.09. The summed E-state index contributed by atoms with van der Waals surface area (Å²) in [6.07, 6.45) is 1.24. The van der Waals surface area contributed by atoms with Crippen molar-refractivity contribution in [3.63, 3.8) is 0 Å². The lowest BCUT2D eigenvalue weighted by Gasteiger charge is -2.40. The molecule has 14 heavy (non-hydrogen) atoms. The van der Waals surface area contributed by atoms with Crippen LogP contribution in [0, 0.1) is 6.92 Å². The van der Waals surface area contributed by atoms with E-state index in [1.807, 2.05) is 6.07 Å². The molecule has 0 aliphatic heterocycles. The topological polar surface area (TPSA) is 43.1 Å². The van der Waals surface area contributed by atoms with Gasteiger partial charge in [0.05, 0.1) is 0 Å². The van der Waals surface area contributed by atoms with Crippen molar-refractivity contribution in [2.45, 2.75) is 25.2 Å². The van der Waals surface area contributed by atoms with E-state index in [-0.39, 0.29) is 5.41 Å². The molecule has 0 unspecified atom stereocenters.